The molecule has 10 heteroatoms. The summed E-state index contributed by atoms with van der Waals surface area (Å²) in [6.45, 7) is -2.84. The van der Waals surface area contributed by atoms with Gasteiger partial charge >= 0.3 is 12.3 Å². The summed E-state index contributed by atoms with van der Waals surface area (Å²) >= 11 is 0. The normalized spacial score (nSPS) is 11.0. The third-order valence-corrected chi connectivity index (χ3v) is 3.56. The van der Waals surface area contributed by atoms with E-state index in [0.717, 1.165) is 6.07 Å². The van der Waals surface area contributed by atoms with Gasteiger partial charge in [0.15, 0.2) is 11.5 Å². The van der Waals surface area contributed by atoms with E-state index in [9.17, 15) is 18.9 Å². The molecule has 0 spiro atoms. The fraction of sp³-hybridized carbons (Fsp3) is 0.200. The lowest BCUT2D eigenvalue weighted by molar-refractivity contribution is -0.386. The van der Waals surface area contributed by atoms with Crippen LogP contribution in [0.15, 0.2) is 42.6 Å². The molecule has 0 unspecified atom stereocenters. The first-order chi connectivity index (χ1) is 12.0. The van der Waals surface area contributed by atoms with Crippen LogP contribution in [0.4, 0.5) is 20.2 Å². The van der Waals surface area contributed by atoms with Crippen LogP contribution in [-0.2, 0) is 6.54 Å². The number of halogens is 2. The summed E-state index contributed by atoms with van der Waals surface area (Å²) in [4.78, 5) is 11.9. The minimum atomic E-state index is -3.15. The zero-order valence-electron chi connectivity index (χ0n) is 13.0. The molecule has 1 aromatic carbocycles. The standard InChI is InChI=1S/C15H13F2N5O3/c1-20(9-14-19-18-13-4-2-3-7-21(13)14)10-5-6-11(22(23)24)12(8-10)25-15(16)17/h2-8,15H,9H2,1H3. The number of hydrogen-bond acceptors (Lipinski definition) is 6. The Kier molecular flexibility index (Phi) is 4.42. The maximum absolute atomic E-state index is 12.5. The Labute approximate surface area is 140 Å². The molecule has 8 nitrogen and oxygen atoms in total. The second-order valence-electron chi connectivity index (χ2n) is 5.19. The summed E-state index contributed by atoms with van der Waals surface area (Å²) < 4.78 is 31.1. The van der Waals surface area contributed by atoms with Crippen LogP contribution < -0.4 is 9.64 Å². The van der Waals surface area contributed by atoms with Gasteiger partial charge in [-0.05, 0) is 18.2 Å². The molecule has 2 aromatic heterocycles. The van der Waals surface area contributed by atoms with Crippen molar-refractivity contribution >= 4 is 17.0 Å². The molecule has 0 aliphatic heterocycles. The smallest absolute Gasteiger partial charge is 0.387 e. The highest BCUT2D eigenvalue weighted by Gasteiger charge is 2.20. The van der Waals surface area contributed by atoms with Gasteiger partial charge in [-0.25, -0.2) is 0 Å². The number of pyridine rings is 1. The van der Waals surface area contributed by atoms with Crippen molar-refractivity contribution in [3.05, 3.63) is 58.5 Å². The number of benzene rings is 1. The van der Waals surface area contributed by atoms with Crippen molar-refractivity contribution in [2.45, 2.75) is 13.2 Å². The summed E-state index contributed by atoms with van der Waals surface area (Å²) in [6.07, 6.45) is 1.81. The third kappa shape index (κ3) is 3.47. The van der Waals surface area contributed by atoms with E-state index in [0.29, 0.717) is 23.7 Å². The van der Waals surface area contributed by atoms with Crippen LogP contribution in [0.25, 0.3) is 5.65 Å². The molecule has 0 radical (unpaired) electrons. The SMILES string of the molecule is CN(Cc1nnc2ccccn12)c1ccc([N+](=O)[O-])c(OC(F)F)c1. The van der Waals surface area contributed by atoms with Crippen LogP contribution in [0.1, 0.15) is 5.82 Å². The quantitative estimate of drug-likeness (QED) is 0.502. The summed E-state index contributed by atoms with van der Waals surface area (Å²) in [5.41, 5.74) is 0.621. The molecule has 0 saturated carbocycles. The van der Waals surface area contributed by atoms with E-state index in [-0.39, 0.29) is 0 Å². The Balaban J connectivity index is 1.88. The maximum atomic E-state index is 12.5. The van der Waals surface area contributed by atoms with E-state index in [1.165, 1.54) is 12.1 Å². The summed E-state index contributed by atoms with van der Waals surface area (Å²) in [5, 5.41) is 19.1. The fourth-order valence-corrected chi connectivity index (χ4v) is 2.38. The lowest BCUT2D eigenvalue weighted by atomic mass is 10.2. The van der Waals surface area contributed by atoms with Crippen molar-refractivity contribution < 1.29 is 18.4 Å². The average molecular weight is 349 g/mol. The van der Waals surface area contributed by atoms with E-state index in [2.05, 4.69) is 14.9 Å². The lowest BCUT2D eigenvalue weighted by Gasteiger charge is -2.19. The van der Waals surface area contributed by atoms with Gasteiger partial charge in [-0.15, -0.1) is 10.2 Å². The molecule has 0 N–H and O–H groups in total. The van der Waals surface area contributed by atoms with Crippen molar-refractivity contribution in [2.75, 3.05) is 11.9 Å². The molecule has 130 valence electrons. The van der Waals surface area contributed by atoms with E-state index >= 15 is 0 Å². The van der Waals surface area contributed by atoms with Crippen molar-refractivity contribution in [1.82, 2.24) is 14.6 Å². The van der Waals surface area contributed by atoms with Gasteiger partial charge in [0, 0.05) is 31.1 Å². The van der Waals surface area contributed by atoms with Crippen LogP contribution in [0.2, 0.25) is 0 Å². The zero-order chi connectivity index (χ0) is 18.0. The third-order valence-electron chi connectivity index (χ3n) is 3.56. The number of ether oxygens (including phenoxy) is 1. The van der Waals surface area contributed by atoms with Gasteiger partial charge in [0.25, 0.3) is 0 Å². The second kappa shape index (κ2) is 6.67. The first kappa shape index (κ1) is 16.6. The Morgan fingerprint density at radius 1 is 1.32 bits per heavy atom. The van der Waals surface area contributed by atoms with E-state index in [4.69, 9.17) is 0 Å². The predicted octanol–water partition coefficient (Wildman–Crippen LogP) is 2.88. The van der Waals surface area contributed by atoms with Crippen LogP contribution in [0.5, 0.6) is 5.75 Å². The Bertz CT molecular complexity index is 915. The molecule has 0 bridgehead atoms. The largest absolute Gasteiger partial charge is 0.427 e. The number of nitro benzene ring substituents is 1. The molecule has 3 aromatic rings. The van der Waals surface area contributed by atoms with E-state index in [1.54, 1.807) is 28.6 Å². The number of alkyl halides is 2. The molecule has 0 fully saturated rings. The molecule has 25 heavy (non-hydrogen) atoms. The number of rotatable bonds is 6. The van der Waals surface area contributed by atoms with Gasteiger partial charge in [-0.2, -0.15) is 8.78 Å². The molecule has 0 atom stereocenters. The number of nitro groups is 1. The van der Waals surface area contributed by atoms with Crippen molar-refractivity contribution in [1.29, 1.82) is 0 Å². The minimum absolute atomic E-state index is 0.317. The fourth-order valence-electron chi connectivity index (χ4n) is 2.38. The van der Waals surface area contributed by atoms with Gasteiger partial charge in [-0.3, -0.25) is 14.5 Å². The summed E-state index contributed by atoms with van der Waals surface area (Å²) in [6, 6.07) is 9.26. The number of anilines is 1. The van der Waals surface area contributed by atoms with Gasteiger partial charge in [-0.1, -0.05) is 6.07 Å². The van der Waals surface area contributed by atoms with E-state index in [1.807, 2.05) is 12.1 Å². The van der Waals surface area contributed by atoms with Crippen LogP contribution in [0, 0.1) is 10.1 Å². The highest BCUT2D eigenvalue weighted by atomic mass is 19.3. The van der Waals surface area contributed by atoms with Crippen LogP contribution in [0.3, 0.4) is 0 Å². The molecular formula is C15H13F2N5O3. The van der Waals surface area contributed by atoms with Gasteiger partial charge in [0.1, 0.15) is 0 Å². The first-order valence-electron chi connectivity index (χ1n) is 7.18. The first-order valence-corrected chi connectivity index (χ1v) is 7.18. The number of aromatic nitrogens is 3. The van der Waals surface area contributed by atoms with Gasteiger partial charge < -0.3 is 9.64 Å². The topological polar surface area (TPSA) is 85.8 Å². The Hall–Kier alpha value is -3.30. The zero-order valence-corrected chi connectivity index (χ0v) is 13.0. The van der Waals surface area contributed by atoms with Crippen molar-refractivity contribution in [3.63, 3.8) is 0 Å². The van der Waals surface area contributed by atoms with Gasteiger partial charge in [0.05, 0.1) is 11.5 Å². The molecule has 3 rings (SSSR count). The molecule has 0 aliphatic carbocycles. The molecule has 0 aliphatic rings. The second-order valence-corrected chi connectivity index (χ2v) is 5.19. The van der Waals surface area contributed by atoms with Crippen LogP contribution >= 0.6 is 0 Å². The lowest BCUT2D eigenvalue weighted by Crippen LogP contribution is -2.18. The predicted molar refractivity (Wildman–Crippen MR) is 84.8 cm³/mol. The number of nitrogens with zero attached hydrogens (tertiary/aromatic N) is 5. The summed E-state index contributed by atoms with van der Waals surface area (Å²) in [7, 11) is 1.71. The number of fused-ring (bicyclic) bond motifs is 1. The minimum Gasteiger partial charge on any atom is -0.427 e. The van der Waals surface area contributed by atoms with E-state index < -0.39 is 23.0 Å². The van der Waals surface area contributed by atoms with Crippen molar-refractivity contribution in [2.24, 2.45) is 0 Å². The Morgan fingerprint density at radius 3 is 2.84 bits per heavy atom. The average Bonchev–Trinajstić information content (AvgIpc) is 2.97. The molecule has 0 saturated heterocycles. The van der Waals surface area contributed by atoms with Gasteiger partial charge in [0.2, 0.25) is 5.75 Å². The Morgan fingerprint density at radius 2 is 2.12 bits per heavy atom. The highest BCUT2D eigenvalue weighted by Crippen LogP contribution is 2.32. The molecular weight excluding hydrogens is 336 g/mol. The summed E-state index contributed by atoms with van der Waals surface area (Å²) in [5.74, 6) is 0.142. The van der Waals surface area contributed by atoms with Crippen molar-refractivity contribution in [3.8, 4) is 5.75 Å². The number of hydrogen-bond donors (Lipinski definition) is 0. The van der Waals surface area contributed by atoms with Crippen LogP contribution in [-0.4, -0.2) is 33.2 Å². The monoisotopic (exact) mass is 349 g/mol. The maximum Gasteiger partial charge on any atom is 0.387 e. The molecule has 2 heterocycles. The molecule has 0 amide bonds. The highest BCUT2D eigenvalue weighted by molar-refractivity contribution is 5.59.